The number of aliphatic hydroxyl groups excluding tert-OH is 2. The van der Waals surface area contributed by atoms with Gasteiger partial charge in [0.05, 0.1) is 35.6 Å². The Morgan fingerprint density at radius 1 is 1.00 bits per heavy atom. The van der Waals surface area contributed by atoms with Gasteiger partial charge in [-0.25, -0.2) is 14.4 Å². The Balaban J connectivity index is 1.51. The summed E-state index contributed by atoms with van der Waals surface area (Å²) in [7, 11) is 1.51. The zero-order chi connectivity index (χ0) is 44.9. The molecule has 4 aliphatic rings. The smallest absolute Gasteiger partial charge is 0.408 e. The monoisotopic (exact) mass is 846 g/mol. The molecule has 329 valence electrons. The summed E-state index contributed by atoms with van der Waals surface area (Å²) in [5, 5.41) is 40.3. The SMILES string of the molecule is CC[B]OC1C[C@H]2OC[C@@]2(OC(C)=O)[C@H]2[C@H](OC(=O)c3ccccc3)[C@]3(O)C[C@H](OC(=O)[C@H](O)[C@@H](NC(=O)OC(C)(C)C)c4ccccc4)C(C)=C([C@@H](O)C(=O)[C@]12C)C3(C)C. The first-order valence-corrected chi connectivity index (χ1v) is 20.7. The van der Waals surface area contributed by atoms with E-state index in [-0.39, 0.29) is 29.7 Å². The molecule has 0 aromatic heterocycles. The fourth-order valence-electron chi connectivity index (χ4n) is 9.95. The Morgan fingerprint density at radius 2 is 1.62 bits per heavy atom. The molecule has 1 amide bonds. The molecule has 61 heavy (non-hydrogen) atoms. The molecule has 3 fully saturated rings. The minimum atomic E-state index is -2.31. The van der Waals surface area contributed by atoms with Gasteiger partial charge in [0.1, 0.15) is 35.6 Å². The number of benzene rings is 2. The van der Waals surface area contributed by atoms with E-state index < -0.39 is 112 Å². The van der Waals surface area contributed by atoms with Gasteiger partial charge in [-0.1, -0.05) is 75.6 Å². The maximum Gasteiger partial charge on any atom is 0.408 e. The van der Waals surface area contributed by atoms with Crippen LogP contribution in [0.25, 0.3) is 0 Å². The largest absolute Gasteiger partial charge is 0.456 e. The van der Waals surface area contributed by atoms with Crippen LogP contribution in [0.4, 0.5) is 4.79 Å². The van der Waals surface area contributed by atoms with Crippen molar-refractivity contribution in [2.24, 2.45) is 16.7 Å². The second kappa shape index (κ2) is 16.9. The molecule has 1 unspecified atom stereocenters. The normalized spacial score (nSPS) is 32.6. The number of hydrogen-bond donors (Lipinski definition) is 4. The van der Waals surface area contributed by atoms with Crippen molar-refractivity contribution in [2.75, 3.05) is 6.61 Å². The number of ether oxygens (including phenoxy) is 5. The number of nitrogens with one attached hydrogen (secondary N) is 1. The number of rotatable bonds is 11. The summed E-state index contributed by atoms with van der Waals surface area (Å²) in [6.07, 6.45) is -9.96. The molecule has 0 spiro atoms. The molecule has 2 saturated carbocycles. The van der Waals surface area contributed by atoms with E-state index in [1.807, 2.05) is 6.92 Å². The molecule has 4 N–H and O–H groups in total. The number of amides is 1. The van der Waals surface area contributed by atoms with Crippen LogP contribution in [-0.4, -0.2) is 113 Å². The predicted molar refractivity (Wildman–Crippen MR) is 219 cm³/mol. The molecule has 6 rings (SSSR count). The number of Topliss-reactive ketones (excluding diaryl/α,β-unsaturated/α-hetero) is 1. The third-order valence-electron chi connectivity index (χ3n) is 13.0. The quantitative estimate of drug-likeness (QED) is 0.107. The van der Waals surface area contributed by atoms with Crippen LogP contribution >= 0.6 is 0 Å². The highest BCUT2D eigenvalue weighted by Gasteiger charge is 2.78. The molecular weight excluding hydrogens is 789 g/mol. The van der Waals surface area contributed by atoms with Crippen molar-refractivity contribution in [1.29, 1.82) is 0 Å². The van der Waals surface area contributed by atoms with Crippen molar-refractivity contribution in [3.05, 3.63) is 82.9 Å². The first-order valence-electron chi connectivity index (χ1n) is 20.7. The summed E-state index contributed by atoms with van der Waals surface area (Å²) in [6, 6.07) is 14.9. The van der Waals surface area contributed by atoms with Gasteiger partial charge in [0.2, 0.25) is 0 Å². The van der Waals surface area contributed by atoms with E-state index in [9.17, 15) is 34.5 Å². The maximum absolute atomic E-state index is 15.4. The van der Waals surface area contributed by atoms with Gasteiger partial charge in [0, 0.05) is 25.2 Å². The Bertz CT molecular complexity index is 2040. The topological polar surface area (TPSA) is 213 Å². The summed E-state index contributed by atoms with van der Waals surface area (Å²) in [5.74, 6) is -5.00. The van der Waals surface area contributed by atoms with Crippen molar-refractivity contribution < 1.29 is 67.6 Å². The molecule has 2 aromatic carbocycles. The zero-order valence-electron chi connectivity index (χ0n) is 36.1. The number of esters is 3. The first-order chi connectivity index (χ1) is 28.5. The lowest BCUT2D eigenvalue weighted by Crippen LogP contribution is -2.82. The Kier molecular flexibility index (Phi) is 12.7. The summed E-state index contributed by atoms with van der Waals surface area (Å²) in [4.78, 5) is 69.9. The van der Waals surface area contributed by atoms with Crippen LogP contribution in [0.2, 0.25) is 6.32 Å². The van der Waals surface area contributed by atoms with Gasteiger partial charge in [0.25, 0.3) is 7.48 Å². The predicted octanol–water partition coefficient (Wildman–Crippen LogP) is 4.34. The molecule has 3 aliphatic carbocycles. The molecule has 1 saturated heterocycles. The molecule has 15 nitrogen and oxygen atoms in total. The maximum atomic E-state index is 15.4. The Hall–Kier alpha value is -4.61. The Morgan fingerprint density at radius 3 is 2.18 bits per heavy atom. The summed E-state index contributed by atoms with van der Waals surface area (Å²) in [5.41, 5.74) is -7.65. The number of carbonyl (C=O) groups excluding carboxylic acids is 5. The third-order valence-corrected chi connectivity index (χ3v) is 13.0. The minimum absolute atomic E-state index is 0.00259. The lowest BCUT2D eigenvalue weighted by molar-refractivity contribution is -0.344. The van der Waals surface area contributed by atoms with Gasteiger partial charge >= 0.3 is 24.0 Å². The third kappa shape index (κ3) is 8.13. The van der Waals surface area contributed by atoms with E-state index in [0.717, 1.165) is 0 Å². The molecular formula is C45H57BNO14. The first kappa shape index (κ1) is 45.9. The van der Waals surface area contributed by atoms with E-state index in [1.54, 1.807) is 97.0 Å². The lowest BCUT2D eigenvalue weighted by Gasteiger charge is -2.68. The van der Waals surface area contributed by atoms with Crippen LogP contribution < -0.4 is 5.32 Å². The molecule has 1 radical (unpaired) electrons. The Labute approximate surface area is 356 Å². The molecule has 2 aromatic rings. The van der Waals surface area contributed by atoms with Crippen LogP contribution in [0, 0.1) is 16.7 Å². The van der Waals surface area contributed by atoms with Crippen LogP contribution in [0.15, 0.2) is 71.8 Å². The number of aliphatic hydroxyl groups is 3. The average molecular weight is 847 g/mol. The molecule has 16 heteroatoms. The average Bonchev–Trinajstić information content (AvgIpc) is 3.19. The molecule has 11 atom stereocenters. The van der Waals surface area contributed by atoms with Gasteiger partial charge in [-0.15, -0.1) is 0 Å². The van der Waals surface area contributed by atoms with Crippen LogP contribution in [0.1, 0.15) is 97.1 Å². The van der Waals surface area contributed by atoms with Crippen molar-refractivity contribution in [1.82, 2.24) is 5.32 Å². The number of fused-ring (bicyclic) bond motifs is 5. The van der Waals surface area contributed by atoms with Gasteiger partial charge in [-0.05, 0) is 63.5 Å². The standard InChI is InChI=1S/C45H57BNO14/c1-10-46-61-29-21-30-44(23-56-30,59-25(3)48)35-37(58-38(52)27-19-15-12-16-20-27)45(55)22-28(24(2)31(42(45,7)8)33(49)36(51)43(29,35)9)57-39(53)34(50)32(26-17-13-11-14-18-26)47-40(54)60-41(4,5)6/h11-20,28-30,32-35,37,49-50,55H,10,21-23H2,1-9H3,(H,47,54)/t28-,29?,30+,32-,33+,34+,35-,37-,43+,44-,45+/m0/s1. The highest BCUT2D eigenvalue weighted by Crippen LogP contribution is 2.64. The van der Waals surface area contributed by atoms with Gasteiger partial charge in [-0.3, -0.25) is 9.59 Å². The summed E-state index contributed by atoms with van der Waals surface area (Å²) < 4.78 is 36.4. The van der Waals surface area contributed by atoms with Crippen LogP contribution in [0.5, 0.6) is 0 Å². The van der Waals surface area contributed by atoms with Gasteiger partial charge in [0.15, 0.2) is 17.5 Å². The van der Waals surface area contributed by atoms with Gasteiger partial charge in [-0.2, -0.15) is 0 Å². The second-order valence-corrected chi connectivity index (χ2v) is 18.3. The van der Waals surface area contributed by atoms with Crippen molar-refractivity contribution >= 4 is 37.3 Å². The highest BCUT2D eigenvalue weighted by atomic mass is 16.6. The number of hydrogen-bond acceptors (Lipinski definition) is 14. The molecule has 2 bridgehead atoms. The van der Waals surface area contributed by atoms with E-state index in [1.165, 1.54) is 26.5 Å². The summed E-state index contributed by atoms with van der Waals surface area (Å²) in [6.45, 7) is 14.1. The fourth-order valence-corrected chi connectivity index (χ4v) is 9.95. The van der Waals surface area contributed by atoms with E-state index in [2.05, 4.69) is 5.32 Å². The molecule has 1 heterocycles. The van der Waals surface area contributed by atoms with Crippen LogP contribution in [-0.2, 0) is 42.7 Å². The number of alkyl carbamates (subject to hydrolysis) is 1. The van der Waals surface area contributed by atoms with Crippen LogP contribution in [0.3, 0.4) is 0 Å². The van der Waals surface area contributed by atoms with E-state index in [0.29, 0.717) is 11.9 Å². The van der Waals surface area contributed by atoms with E-state index >= 15 is 4.79 Å². The zero-order valence-corrected chi connectivity index (χ0v) is 36.1. The van der Waals surface area contributed by atoms with E-state index in [4.69, 9.17) is 28.3 Å². The van der Waals surface area contributed by atoms with Gasteiger partial charge < -0.3 is 49.0 Å². The number of carbonyl (C=O) groups is 5. The number of ketones is 1. The van der Waals surface area contributed by atoms with Crippen molar-refractivity contribution in [3.8, 4) is 0 Å². The highest BCUT2D eigenvalue weighted by molar-refractivity contribution is 6.27. The van der Waals surface area contributed by atoms with Crippen molar-refractivity contribution in [2.45, 2.75) is 141 Å². The second-order valence-electron chi connectivity index (χ2n) is 18.3. The summed E-state index contributed by atoms with van der Waals surface area (Å²) >= 11 is 0. The lowest BCUT2D eigenvalue weighted by atomic mass is 9.44. The fraction of sp³-hybridized carbons (Fsp3) is 0.578. The minimum Gasteiger partial charge on any atom is -0.456 e. The molecule has 1 aliphatic heterocycles. The van der Waals surface area contributed by atoms with Crippen molar-refractivity contribution in [3.63, 3.8) is 0 Å².